The van der Waals surface area contributed by atoms with Crippen LogP contribution in [0.1, 0.15) is 15.9 Å². The van der Waals surface area contributed by atoms with Gasteiger partial charge in [-0.3, -0.25) is 4.79 Å². The molecule has 3 rings (SSSR count). The average molecular weight is 383 g/mol. The molecule has 0 saturated carbocycles. The van der Waals surface area contributed by atoms with E-state index in [0.717, 1.165) is 11.3 Å². The Balaban J connectivity index is 1.51. The second-order valence-corrected chi connectivity index (χ2v) is 6.41. The van der Waals surface area contributed by atoms with Crippen molar-refractivity contribution in [3.63, 3.8) is 0 Å². The Morgan fingerprint density at radius 2 is 1.85 bits per heavy atom. The lowest BCUT2D eigenvalue weighted by molar-refractivity contribution is -0.118. The Morgan fingerprint density at radius 3 is 2.56 bits per heavy atom. The van der Waals surface area contributed by atoms with Gasteiger partial charge in [0.2, 0.25) is 11.1 Å². The fourth-order valence-corrected chi connectivity index (χ4v) is 2.98. The third-order valence-electron chi connectivity index (χ3n) is 3.64. The first kappa shape index (κ1) is 18.6. The Labute approximate surface area is 159 Å². The minimum absolute atomic E-state index is 0.139. The fourth-order valence-electron chi connectivity index (χ4n) is 2.26. The standard InChI is InChI=1S/C18H17N5O3S/c1-26-17(25)14-9-7-13(8-10-14)11-19-16(24)12-27-18-20-21-22-23(18)15-5-3-2-4-6-15/h2-10H,11-12H2,1H3,(H,19,24). The largest absolute Gasteiger partial charge is 0.465 e. The molecule has 0 aliphatic carbocycles. The Kier molecular flexibility index (Phi) is 6.16. The average Bonchev–Trinajstić information content (AvgIpc) is 3.20. The summed E-state index contributed by atoms with van der Waals surface area (Å²) in [5.74, 6) is -0.342. The molecule has 0 atom stereocenters. The van der Waals surface area contributed by atoms with Crippen molar-refractivity contribution in [1.82, 2.24) is 25.5 Å². The predicted molar refractivity (Wildman–Crippen MR) is 99.5 cm³/mol. The molecular formula is C18H17N5O3S. The number of hydrogen-bond acceptors (Lipinski definition) is 7. The van der Waals surface area contributed by atoms with Gasteiger partial charge in [0.15, 0.2) is 0 Å². The maximum Gasteiger partial charge on any atom is 0.337 e. The number of tetrazole rings is 1. The third-order valence-corrected chi connectivity index (χ3v) is 4.56. The number of carbonyl (C=O) groups excluding carboxylic acids is 2. The van der Waals surface area contributed by atoms with E-state index in [4.69, 9.17) is 0 Å². The quantitative estimate of drug-likeness (QED) is 0.491. The number of para-hydroxylation sites is 1. The zero-order valence-corrected chi connectivity index (χ0v) is 15.3. The Bertz CT molecular complexity index is 912. The third kappa shape index (κ3) is 4.91. The van der Waals surface area contributed by atoms with E-state index in [0.29, 0.717) is 17.3 Å². The van der Waals surface area contributed by atoms with Crippen molar-refractivity contribution in [2.24, 2.45) is 0 Å². The number of benzene rings is 2. The van der Waals surface area contributed by atoms with Crippen LogP contribution >= 0.6 is 11.8 Å². The number of ether oxygens (including phenoxy) is 1. The van der Waals surface area contributed by atoms with E-state index in [1.165, 1.54) is 18.9 Å². The van der Waals surface area contributed by atoms with Gasteiger partial charge in [0.1, 0.15) is 0 Å². The number of nitrogens with zero attached hydrogens (tertiary/aromatic N) is 4. The number of rotatable bonds is 7. The van der Waals surface area contributed by atoms with E-state index in [9.17, 15) is 9.59 Å². The lowest BCUT2D eigenvalue weighted by atomic mass is 10.1. The van der Waals surface area contributed by atoms with Gasteiger partial charge in [-0.2, -0.15) is 4.68 Å². The predicted octanol–water partition coefficient (Wildman–Crippen LogP) is 1.86. The van der Waals surface area contributed by atoms with Crippen molar-refractivity contribution in [2.45, 2.75) is 11.7 Å². The number of carbonyl (C=O) groups is 2. The van der Waals surface area contributed by atoms with Crippen LogP contribution in [0, 0.1) is 0 Å². The molecule has 0 radical (unpaired) electrons. The van der Waals surface area contributed by atoms with Crippen molar-refractivity contribution in [2.75, 3.05) is 12.9 Å². The van der Waals surface area contributed by atoms with E-state index in [1.807, 2.05) is 30.3 Å². The van der Waals surface area contributed by atoms with Crippen LogP contribution in [0.25, 0.3) is 5.69 Å². The molecule has 3 aromatic rings. The molecule has 9 heteroatoms. The molecule has 1 amide bonds. The van der Waals surface area contributed by atoms with Gasteiger partial charge in [0, 0.05) is 6.54 Å². The highest BCUT2D eigenvalue weighted by Crippen LogP contribution is 2.17. The van der Waals surface area contributed by atoms with Crippen molar-refractivity contribution in [3.8, 4) is 5.69 Å². The van der Waals surface area contributed by atoms with E-state index >= 15 is 0 Å². The Morgan fingerprint density at radius 1 is 1.11 bits per heavy atom. The topological polar surface area (TPSA) is 99.0 Å². The molecule has 0 saturated heterocycles. The molecule has 0 bridgehead atoms. The zero-order valence-electron chi connectivity index (χ0n) is 14.5. The number of nitrogens with one attached hydrogen (secondary N) is 1. The molecule has 1 N–H and O–H groups in total. The lowest BCUT2D eigenvalue weighted by Gasteiger charge is -2.06. The molecule has 0 spiro atoms. The number of thioether (sulfide) groups is 1. The Hall–Kier alpha value is -3.20. The summed E-state index contributed by atoms with van der Waals surface area (Å²) in [7, 11) is 1.34. The van der Waals surface area contributed by atoms with Crippen LogP contribution in [0.2, 0.25) is 0 Å². The normalized spacial score (nSPS) is 10.4. The van der Waals surface area contributed by atoms with Crippen molar-refractivity contribution in [1.29, 1.82) is 0 Å². The van der Waals surface area contributed by atoms with Gasteiger partial charge in [0.05, 0.1) is 24.1 Å². The van der Waals surface area contributed by atoms with E-state index in [-0.39, 0.29) is 11.7 Å². The summed E-state index contributed by atoms with van der Waals surface area (Å²) in [5, 5.41) is 15.0. The summed E-state index contributed by atoms with van der Waals surface area (Å²) in [6, 6.07) is 16.3. The minimum Gasteiger partial charge on any atom is -0.465 e. The molecule has 0 aliphatic rings. The monoisotopic (exact) mass is 383 g/mol. The SMILES string of the molecule is COC(=O)c1ccc(CNC(=O)CSc2nnnn2-c2ccccc2)cc1. The highest BCUT2D eigenvalue weighted by Gasteiger charge is 2.11. The molecule has 1 aromatic heterocycles. The lowest BCUT2D eigenvalue weighted by Crippen LogP contribution is -2.24. The van der Waals surface area contributed by atoms with Crippen LogP contribution < -0.4 is 5.32 Å². The highest BCUT2D eigenvalue weighted by atomic mass is 32.2. The van der Waals surface area contributed by atoms with Gasteiger partial charge in [0.25, 0.3) is 0 Å². The molecule has 27 heavy (non-hydrogen) atoms. The van der Waals surface area contributed by atoms with Gasteiger partial charge in [-0.05, 0) is 40.3 Å². The van der Waals surface area contributed by atoms with Gasteiger partial charge in [-0.1, -0.05) is 42.1 Å². The van der Waals surface area contributed by atoms with Crippen LogP contribution in [-0.4, -0.2) is 44.9 Å². The van der Waals surface area contributed by atoms with Crippen molar-refractivity contribution < 1.29 is 14.3 Å². The first-order chi connectivity index (χ1) is 13.2. The minimum atomic E-state index is -0.391. The number of amides is 1. The van der Waals surface area contributed by atoms with Gasteiger partial charge in [-0.25, -0.2) is 4.79 Å². The maximum absolute atomic E-state index is 12.1. The van der Waals surface area contributed by atoms with Crippen LogP contribution in [-0.2, 0) is 16.1 Å². The first-order valence-electron chi connectivity index (χ1n) is 8.08. The maximum atomic E-state index is 12.1. The van der Waals surface area contributed by atoms with Crippen LogP contribution in [0.5, 0.6) is 0 Å². The molecule has 138 valence electrons. The van der Waals surface area contributed by atoms with E-state index in [2.05, 4.69) is 25.6 Å². The number of methoxy groups -OCH3 is 1. The highest BCUT2D eigenvalue weighted by molar-refractivity contribution is 7.99. The number of esters is 1. The zero-order chi connectivity index (χ0) is 19.1. The second kappa shape index (κ2) is 8.95. The fraction of sp³-hybridized carbons (Fsp3) is 0.167. The molecule has 0 aliphatic heterocycles. The van der Waals surface area contributed by atoms with Gasteiger partial charge >= 0.3 is 5.97 Å². The van der Waals surface area contributed by atoms with Gasteiger partial charge in [-0.15, -0.1) is 5.10 Å². The molecule has 2 aromatic carbocycles. The summed E-state index contributed by atoms with van der Waals surface area (Å²) in [5.41, 5.74) is 2.18. The number of hydrogen-bond donors (Lipinski definition) is 1. The summed E-state index contributed by atoms with van der Waals surface area (Å²) in [6.45, 7) is 0.366. The molecule has 1 heterocycles. The molecule has 0 unspecified atom stereocenters. The van der Waals surface area contributed by atoms with E-state index in [1.54, 1.807) is 28.9 Å². The number of aromatic nitrogens is 4. The smallest absolute Gasteiger partial charge is 0.337 e. The molecule has 0 fully saturated rings. The summed E-state index contributed by atoms with van der Waals surface area (Å²) in [6.07, 6.45) is 0. The summed E-state index contributed by atoms with van der Waals surface area (Å²) in [4.78, 5) is 23.5. The van der Waals surface area contributed by atoms with Crippen molar-refractivity contribution >= 4 is 23.6 Å². The van der Waals surface area contributed by atoms with Crippen molar-refractivity contribution in [3.05, 3.63) is 65.7 Å². The van der Waals surface area contributed by atoms with Gasteiger partial charge < -0.3 is 10.1 Å². The van der Waals surface area contributed by atoms with Crippen LogP contribution in [0.15, 0.2) is 59.8 Å². The first-order valence-corrected chi connectivity index (χ1v) is 9.06. The van der Waals surface area contributed by atoms with Crippen LogP contribution in [0.4, 0.5) is 0 Å². The van der Waals surface area contributed by atoms with Crippen LogP contribution in [0.3, 0.4) is 0 Å². The van der Waals surface area contributed by atoms with E-state index < -0.39 is 5.97 Å². The molecular weight excluding hydrogens is 366 g/mol. The summed E-state index contributed by atoms with van der Waals surface area (Å²) < 4.78 is 6.24. The summed E-state index contributed by atoms with van der Waals surface area (Å²) >= 11 is 1.25. The molecule has 8 nitrogen and oxygen atoms in total. The second-order valence-electron chi connectivity index (χ2n) is 5.46.